The predicted octanol–water partition coefficient (Wildman–Crippen LogP) is 3.11. The number of alkyl halides is 3. The van der Waals surface area contributed by atoms with Crippen LogP contribution in [0.25, 0.3) is 11.4 Å². The average Bonchev–Trinajstić information content (AvgIpc) is 2.42. The summed E-state index contributed by atoms with van der Waals surface area (Å²) in [6.07, 6.45) is -3.50. The smallest absolute Gasteiger partial charge is 0.416 e. The van der Waals surface area contributed by atoms with Crippen LogP contribution in [-0.4, -0.2) is 15.1 Å². The highest BCUT2D eigenvalue weighted by molar-refractivity contribution is 5.57. The number of nitrogens with zero attached hydrogens (tertiary/aromatic N) is 1. The topological polar surface area (TPSA) is 66.0 Å². The summed E-state index contributed by atoms with van der Waals surface area (Å²) < 4.78 is 38.0. The molecule has 2 aromatic rings. The molecule has 0 saturated carbocycles. The molecule has 2 N–H and O–H groups in total. The Bertz CT molecular complexity index is 708. The summed E-state index contributed by atoms with van der Waals surface area (Å²) in [5, 5.41) is 9.74. The van der Waals surface area contributed by atoms with Crippen molar-refractivity contribution in [2.75, 3.05) is 0 Å². The largest absolute Gasteiger partial charge is 0.493 e. The highest BCUT2D eigenvalue weighted by Gasteiger charge is 2.30. The van der Waals surface area contributed by atoms with Gasteiger partial charge in [-0.2, -0.15) is 18.2 Å². The van der Waals surface area contributed by atoms with Crippen molar-refractivity contribution < 1.29 is 18.3 Å². The first-order valence-electron chi connectivity index (χ1n) is 6.32. The van der Waals surface area contributed by atoms with Gasteiger partial charge < -0.3 is 10.1 Å². The Hall–Kier alpha value is -2.31. The van der Waals surface area contributed by atoms with Gasteiger partial charge in [0.15, 0.2) is 0 Å². The normalized spacial score (nSPS) is 11.6. The first kappa shape index (κ1) is 15.1. The summed E-state index contributed by atoms with van der Waals surface area (Å²) in [6.45, 7) is 1.83. The van der Waals surface area contributed by atoms with E-state index < -0.39 is 23.2 Å². The lowest BCUT2D eigenvalue weighted by molar-refractivity contribution is -0.137. The van der Waals surface area contributed by atoms with Crippen molar-refractivity contribution >= 4 is 0 Å². The Morgan fingerprint density at radius 3 is 2.62 bits per heavy atom. The minimum absolute atomic E-state index is 0.0836. The molecule has 2 rings (SSSR count). The molecule has 1 heterocycles. The van der Waals surface area contributed by atoms with Crippen LogP contribution in [0.2, 0.25) is 0 Å². The number of rotatable bonds is 3. The van der Waals surface area contributed by atoms with Gasteiger partial charge in [-0.05, 0) is 18.6 Å². The molecular formula is C14H13F3N2O2. The van der Waals surface area contributed by atoms with Crippen LogP contribution in [0, 0.1) is 0 Å². The Balaban J connectivity index is 2.51. The molecule has 0 fully saturated rings. The third-order valence-electron chi connectivity index (χ3n) is 2.96. The summed E-state index contributed by atoms with van der Waals surface area (Å²) in [5.41, 5.74) is -1.18. The Morgan fingerprint density at radius 2 is 2.05 bits per heavy atom. The van der Waals surface area contributed by atoms with E-state index in [4.69, 9.17) is 0 Å². The lowest BCUT2D eigenvalue weighted by Gasteiger charge is -2.09. The van der Waals surface area contributed by atoms with Crippen LogP contribution in [0.3, 0.4) is 0 Å². The summed E-state index contributed by atoms with van der Waals surface area (Å²) >= 11 is 0. The minimum Gasteiger partial charge on any atom is -0.493 e. The van der Waals surface area contributed by atoms with Crippen molar-refractivity contribution in [1.82, 2.24) is 9.97 Å². The van der Waals surface area contributed by atoms with Crippen molar-refractivity contribution in [3.8, 4) is 17.3 Å². The molecule has 1 aromatic carbocycles. The van der Waals surface area contributed by atoms with E-state index in [9.17, 15) is 23.1 Å². The van der Waals surface area contributed by atoms with Gasteiger partial charge in [0.2, 0.25) is 5.88 Å². The maximum absolute atomic E-state index is 12.7. The van der Waals surface area contributed by atoms with Crippen molar-refractivity contribution in [2.24, 2.45) is 0 Å². The fourth-order valence-corrected chi connectivity index (χ4v) is 1.94. The molecule has 7 heteroatoms. The van der Waals surface area contributed by atoms with Crippen molar-refractivity contribution in [2.45, 2.75) is 25.9 Å². The molecule has 112 valence electrons. The molecule has 0 bridgehead atoms. The number of benzene rings is 1. The van der Waals surface area contributed by atoms with E-state index >= 15 is 0 Å². The maximum atomic E-state index is 12.7. The fraction of sp³-hybridized carbons (Fsp3) is 0.286. The average molecular weight is 298 g/mol. The van der Waals surface area contributed by atoms with Crippen molar-refractivity contribution in [3.63, 3.8) is 0 Å². The summed E-state index contributed by atoms with van der Waals surface area (Å²) in [7, 11) is 0. The summed E-state index contributed by atoms with van der Waals surface area (Å²) in [6, 6.07) is 4.39. The number of aromatic hydroxyl groups is 1. The number of nitrogens with one attached hydrogen (secondary N) is 1. The Morgan fingerprint density at radius 1 is 1.33 bits per heavy atom. The molecule has 0 radical (unpaired) electrons. The maximum Gasteiger partial charge on any atom is 0.416 e. The van der Waals surface area contributed by atoms with Crippen LogP contribution < -0.4 is 5.56 Å². The first-order chi connectivity index (χ1) is 9.82. The molecule has 1 aromatic heterocycles. The van der Waals surface area contributed by atoms with Crippen molar-refractivity contribution in [1.29, 1.82) is 0 Å². The third-order valence-corrected chi connectivity index (χ3v) is 2.96. The molecule has 0 unspecified atom stereocenters. The molecule has 21 heavy (non-hydrogen) atoms. The summed E-state index contributed by atoms with van der Waals surface area (Å²) in [4.78, 5) is 18.0. The minimum atomic E-state index is -4.49. The van der Waals surface area contributed by atoms with E-state index in [1.807, 2.05) is 6.92 Å². The number of hydrogen-bond donors (Lipinski definition) is 2. The van der Waals surface area contributed by atoms with Gasteiger partial charge >= 0.3 is 6.18 Å². The summed E-state index contributed by atoms with van der Waals surface area (Å²) in [5.74, 6) is -0.545. The number of hydrogen-bond acceptors (Lipinski definition) is 3. The number of aromatic amines is 1. The van der Waals surface area contributed by atoms with Crippen LogP contribution >= 0.6 is 0 Å². The molecule has 0 spiro atoms. The molecular weight excluding hydrogens is 285 g/mol. The highest BCUT2D eigenvalue weighted by atomic mass is 19.4. The quantitative estimate of drug-likeness (QED) is 0.915. The van der Waals surface area contributed by atoms with E-state index in [-0.39, 0.29) is 17.0 Å². The van der Waals surface area contributed by atoms with Crippen LogP contribution in [0.1, 0.15) is 24.5 Å². The standard InChI is InChI=1S/C14H13F3N2O2/c1-2-4-10-12(20)18-11(19-13(10)21)8-5-3-6-9(7-8)14(15,16)17/h3,5-7H,2,4H2,1H3,(H2,18,19,20,21). The second kappa shape index (κ2) is 5.59. The highest BCUT2D eigenvalue weighted by Crippen LogP contribution is 2.31. The van der Waals surface area contributed by atoms with Gasteiger partial charge in [-0.3, -0.25) is 4.79 Å². The molecule has 4 nitrogen and oxygen atoms in total. The lowest BCUT2D eigenvalue weighted by atomic mass is 10.1. The van der Waals surface area contributed by atoms with Crippen LogP contribution in [0.4, 0.5) is 13.2 Å². The van der Waals surface area contributed by atoms with Crippen LogP contribution in [0.5, 0.6) is 5.88 Å². The van der Waals surface area contributed by atoms with Crippen LogP contribution in [0.15, 0.2) is 29.1 Å². The molecule has 0 amide bonds. The van der Waals surface area contributed by atoms with E-state index in [0.29, 0.717) is 12.8 Å². The second-order valence-electron chi connectivity index (χ2n) is 4.55. The van der Waals surface area contributed by atoms with E-state index in [1.165, 1.54) is 12.1 Å². The van der Waals surface area contributed by atoms with Gasteiger partial charge in [0.25, 0.3) is 5.56 Å². The first-order valence-corrected chi connectivity index (χ1v) is 6.32. The van der Waals surface area contributed by atoms with Gasteiger partial charge in [0.05, 0.1) is 11.1 Å². The Kier molecular flexibility index (Phi) is 4.02. The van der Waals surface area contributed by atoms with E-state index in [1.54, 1.807) is 0 Å². The second-order valence-corrected chi connectivity index (χ2v) is 4.55. The van der Waals surface area contributed by atoms with Gasteiger partial charge in [-0.25, -0.2) is 0 Å². The zero-order chi connectivity index (χ0) is 15.6. The number of halogens is 3. The third kappa shape index (κ3) is 3.24. The molecule has 0 aliphatic carbocycles. The number of aromatic nitrogens is 2. The lowest BCUT2D eigenvalue weighted by Crippen LogP contribution is -2.15. The zero-order valence-electron chi connectivity index (χ0n) is 11.2. The molecule has 0 atom stereocenters. The number of H-pyrrole nitrogens is 1. The van der Waals surface area contributed by atoms with Crippen molar-refractivity contribution in [3.05, 3.63) is 45.7 Å². The van der Waals surface area contributed by atoms with Gasteiger partial charge in [0, 0.05) is 5.56 Å². The fourth-order valence-electron chi connectivity index (χ4n) is 1.94. The van der Waals surface area contributed by atoms with Gasteiger partial charge in [-0.1, -0.05) is 25.5 Å². The van der Waals surface area contributed by atoms with E-state index in [2.05, 4.69) is 9.97 Å². The van der Waals surface area contributed by atoms with Gasteiger partial charge in [0.1, 0.15) is 5.82 Å². The monoisotopic (exact) mass is 298 g/mol. The Labute approximate surface area is 118 Å². The predicted molar refractivity (Wildman–Crippen MR) is 71.0 cm³/mol. The zero-order valence-corrected chi connectivity index (χ0v) is 11.2. The SMILES string of the molecule is CCCc1c(O)nc(-c2cccc(C(F)(F)F)c2)[nH]c1=O. The van der Waals surface area contributed by atoms with Crippen LogP contribution in [-0.2, 0) is 12.6 Å². The molecule has 0 aliphatic rings. The molecule has 0 saturated heterocycles. The van der Waals surface area contributed by atoms with E-state index in [0.717, 1.165) is 12.1 Å². The van der Waals surface area contributed by atoms with Gasteiger partial charge in [-0.15, -0.1) is 0 Å². The molecule has 0 aliphatic heterocycles.